The van der Waals surface area contributed by atoms with E-state index in [9.17, 15) is 4.39 Å². The first-order valence-corrected chi connectivity index (χ1v) is 8.02. The largest absolute Gasteiger partial charge is 0.300 e. The van der Waals surface area contributed by atoms with E-state index in [2.05, 4.69) is 28.0 Å². The Balaban J connectivity index is 1.70. The fourth-order valence-electron chi connectivity index (χ4n) is 4.23. The highest BCUT2D eigenvalue weighted by atomic mass is 18.2. The number of pyridine rings is 2. The summed E-state index contributed by atoms with van der Waals surface area (Å²) in [7, 11) is 2.24. The molecule has 3 nitrogen and oxygen atoms in total. The van der Waals surface area contributed by atoms with E-state index >= 15 is 0 Å². The Hall–Kier alpha value is -1.81. The van der Waals surface area contributed by atoms with Gasteiger partial charge in [-0.05, 0) is 50.1 Å². The van der Waals surface area contributed by atoms with Crippen molar-refractivity contribution in [2.24, 2.45) is 0 Å². The number of piperidine rings is 1. The van der Waals surface area contributed by atoms with Gasteiger partial charge in [0, 0.05) is 47.7 Å². The molecule has 0 aliphatic carbocycles. The zero-order valence-electron chi connectivity index (χ0n) is 12.7. The highest BCUT2D eigenvalue weighted by Gasteiger charge is 2.42. The SMILES string of the molecule is CN1C2CCCC1C(c1cncc(-c3cccnc3[18F])c1)C2. The van der Waals surface area contributed by atoms with Gasteiger partial charge in [-0.25, -0.2) is 4.98 Å². The number of halogens is 1. The lowest BCUT2D eigenvalue weighted by Gasteiger charge is -2.32. The first kappa shape index (κ1) is 13.8. The van der Waals surface area contributed by atoms with E-state index in [4.69, 9.17) is 0 Å². The molecule has 2 aromatic heterocycles. The van der Waals surface area contributed by atoms with Crippen LogP contribution in [0.25, 0.3) is 11.1 Å². The van der Waals surface area contributed by atoms with E-state index in [1.54, 1.807) is 18.3 Å². The molecule has 0 saturated carbocycles. The van der Waals surface area contributed by atoms with Gasteiger partial charge >= 0.3 is 0 Å². The van der Waals surface area contributed by atoms with Crippen molar-refractivity contribution in [3.63, 3.8) is 0 Å². The van der Waals surface area contributed by atoms with Crippen LogP contribution >= 0.6 is 0 Å². The van der Waals surface area contributed by atoms with Crippen LogP contribution in [-0.4, -0.2) is 34.0 Å². The van der Waals surface area contributed by atoms with Gasteiger partial charge in [-0.15, -0.1) is 0 Å². The summed E-state index contributed by atoms with van der Waals surface area (Å²) in [4.78, 5) is 10.7. The highest BCUT2D eigenvalue weighted by Crippen LogP contribution is 2.44. The molecule has 4 heteroatoms. The lowest BCUT2D eigenvalue weighted by atomic mass is 9.90. The monoisotopic (exact) mass is 296 g/mol. The maximum Gasteiger partial charge on any atom is 0.220 e. The Bertz CT molecular complexity index is 688. The summed E-state index contributed by atoms with van der Waals surface area (Å²) in [6.07, 6.45) is 10.2. The first-order chi connectivity index (χ1) is 10.7. The number of hydrogen-bond donors (Lipinski definition) is 0. The predicted octanol–water partition coefficient (Wildman–Crippen LogP) is 3.62. The summed E-state index contributed by atoms with van der Waals surface area (Å²) in [6.45, 7) is 0. The van der Waals surface area contributed by atoms with Crippen molar-refractivity contribution >= 4 is 0 Å². The maximum atomic E-state index is 13.9. The molecule has 0 N–H and O–H groups in total. The van der Waals surface area contributed by atoms with Gasteiger partial charge in [0.15, 0.2) is 0 Å². The lowest BCUT2D eigenvalue weighted by Crippen LogP contribution is -2.37. The van der Waals surface area contributed by atoms with Gasteiger partial charge in [0.1, 0.15) is 0 Å². The first-order valence-electron chi connectivity index (χ1n) is 8.02. The van der Waals surface area contributed by atoms with Gasteiger partial charge < -0.3 is 0 Å². The zero-order chi connectivity index (χ0) is 15.1. The van der Waals surface area contributed by atoms with Crippen molar-refractivity contribution in [2.45, 2.75) is 43.7 Å². The van der Waals surface area contributed by atoms with Crippen LogP contribution in [0.2, 0.25) is 0 Å². The molecule has 2 bridgehead atoms. The number of likely N-dealkylation sites (N-methyl/N-ethyl adjacent to an activating group) is 1. The molecule has 3 atom stereocenters. The molecule has 4 heterocycles. The Morgan fingerprint density at radius 3 is 3.00 bits per heavy atom. The Morgan fingerprint density at radius 1 is 1.27 bits per heavy atom. The molecule has 2 saturated heterocycles. The quantitative estimate of drug-likeness (QED) is 0.793. The molecule has 2 fully saturated rings. The second-order valence-electron chi connectivity index (χ2n) is 6.51. The summed E-state index contributed by atoms with van der Waals surface area (Å²) in [5.74, 6) is 0.0911. The van der Waals surface area contributed by atoms with Gasteiger partial charge in [0.05, 0.1) is 0 Å². The van der Waals surface area contributed by atoms with Crippen LogP contribution in [-0.2, 0) is 0 Å². The van der Waals surface area contributed by atoms with E-state index in [0.29, 0.717) is 23.6 Å². The van der Waals surface area contributed by atoms with E-state index in [1.807, 2.05) is 6.20 Å². The minimum Gasteiger partial charge on any atom is -0.300 e. The molecular weight excluding hydrogens is 276 g/mol. The summed E-state index contributed by atoms with van der Waals surface area (Å²) in [5, 5.41) is 0. The molecule has 114 valence electrons. The Morgan fingerprint density at radius 2 is 2.18 bits per heavy atom. The molecule has 2 aliphatic heterocycles. The van der Waals surface area contributed by atoms with Crippen molar-refractivity contribution in [3.05, 3.63) is 48.3 Å². The van der Waals surface area contributed by atoms with Gasteiger partial charge in [-0.1, -0.05) is 6.42 Å². The number of nitrogens with zero attached hydrogens (tertiary/aromatic N) is 3. The van der Waals surface area contributed by atoms with Crippen LogP contribution in [0, 0.1) is 5.95 Å². The predicted molar refractivity (Wildman–Crippen MR) is 84.0 cm³/mol. The van der Waals surface area contributed by atoms with Crippen molar-refractivity contribution in [2.75, 3.05) is 7.05 Å². The van der Waals surface area contributed by atoms with Crippen molar-refractivity contribution < 1.29 is 4.39 Å². The third-order valence-corrected chi connectivity index (χ3v) is 5.38. The normalized spacial score (nSPS) is 28.0. The number of aromatic nitrogens is 2. The van der Waals surface area contributed by atoms with Crippen LogP contribution in [0.5, 0.6) is 0 Å². The topological polar surface area (TPSA) is 29.0 Å². The number of rotatable bonds is 2. The summed E-state index contributed by atoms with van der Waals surface area (Å²) in [6, 6.07) is 6.94. The second-order valence-corrected chi connectivity index (χ2v) is 6.51. The highest BCUT2D eigenvalue weighted by molar-refractivity contribution is 5.62. The van der Waals surface area contributed by atoms with Crippen molar-refractivity contribution in [3.8, 4) is 11.1 Å². The summed E-state index contributed by atoms with van der Waals surface area (Å²) < 4.78 is 13.9. The van der Waals surface area contributed by atoms with Gasteiger partial charge in [0.2, 0.25) is 5.95 Å². The fraction of sp³-hybridized carbons (Fsp3) is 0.444. The molecule has 0 aromatic carbocycles. The maximum absolute atomic E-state index is 13.9. The number of hydrogen-bond acceptors (Lipinski definition) is 3. The van der Waals surface area contributed by atoms with Gasteiger partial charge in [-0.2, -0.15) is 4.39 Å². The minimum atomic E-state index is -0.427. The van der Waals surface area contributed by atoms with Crippen LogP contribution in [0.3, 0.4) is 0 Å². The average Bonchev–Trinajstić information content (AvgIpc) is 2.73. The lowest BCUT2D eigenvalue weighted by molar-refractivity contribution is 0.174. The van der Waals surface area contributed by atoms with E-state index in [0.717, 1.165) is 5.56 Å². The molecule has 22 heavy (non-hydrogen) atoms. The van der Waals surface area contributed by atoms with Crippen molar-refractivity contribution in [1.82, 2.24) is 14.9 Å². The molecule has 2 aliphatic rings. The van der Waals surface area contributed by atoms with E-state index in [-0.39, 0.29) is 0 Å². The summed E-state index contributed by atoms with van der Waals surface area (Å²) in [5.41, 5.74) is 2.60. The molecule has 2 aromatic rings. The van der Waals surface area contributed by atoms with Gasteiger partial charge in [-0.3, -0.25) is 9.88 Å². The molecule has 0 radical (unpaired) electrons. The van der Waals surface area contributed by atoms with Crippen LogP contribution in [0.1, 0.15) is 37.2 Å². The van der Waals surface area contributed by atoms with Crippen LogP contribution < -0.4 is 0 Å². The fourth-order valence-corrected chi connectivity index (χ4v) is 4.23. The molecular formula is C18H20FN3. The van der Waals surface area contributed by atoms with E-state index in [1.165, 1.54) is 37.4 Å². The third kappa shape index (κ3) is 2.22. The van der Waals surface area contributed by atoms with Crippen LogP contribution in [0.4, 0.5) is 4.39 Å². The number of fused-ring (bicyclic) bond motifs is 2. The van der Waals surface area contributed by atoms with E-state index < -0.39 is 5.95 Å². The molecule has 0 amide bonds. The van der Waals surface area contributed by atoms with Crippen LogP contribution in [0.15, 0.2) is 36.8 Å². The Labute approximate surface area is 130 Å². The molecule has 3 unspecified atom stereocenters. The minimum absolute atomic E-state index is 0.427. The average molecular weight is 296 g/mol. The molecule has 4 rings (SSSR count). The zero-order valence-corrected chi connectivity index (χ0v) is 12.7. The second kappa shape index (κ2) is 5.43. The van der Waals surface area contributed by atoms with Gasteiger partial charge in [0.25, 0.3) is 0 Å². The third-order valence-electron chi connectivity index (χ3n) is 5.38. The van der Waals surface area contributed by atoms with Crippen molar-refractivity contribution in [1.29, 1.82) is 0 Å². The molecule has 0 spiro atoms. The summed E-state index contributed by atoms with van der Waals surface area (Å²) >= 11 is 0. The smallest absolute Gasteiger partial charge is 0.220 e. The standard InChI is InChI=1S/C18H20FN3/c1-22-14-4-2-6-17(22)16(9-14)13-8-12(10-20-11-13)15-5-3-7-21-18(15)19/h3,5,7-8,10-11,14,16-17H,2,4,6,9H2,1H3/i19-1. The Kier molecular flexibility index (Phi) is 3.41.